The third-order valence-corrected chi connectivity index (χ3v) is 13.4. The van der Waals surface area contributed by atoms with Gasteiger partial charge in [-0.15, -0.1) is 22.7 Å². The molecule has 0 aliphatic rings. The molecule has 4 aromatic heterocycles. The highest BCUT2D eigenvalue weighted by Crippen LogP contribution is 2.37. The average Bonchev–Trinajstić information content (AvgIpc) is 3.99. The summed E-state index contributed by atoms with van der Waals surface area (Å²) in [7, 11) is 0. The molecule has 308 valence electrons. The molecule has 5 heteroatoms. The maximum atomic E-state index is 4.60. The van der Waals surface area contributed by atoms with Gasteiger partial charge in [0.2, 0.25) is 0 Å². The number of rotatable bonds is 0. The molecule has 0 unspecified atom stereocenters. The largest absolute Gasteiger partial charge is 0.342 e. The quantitative estimate of drug-likeness (QED) is 0.149. The second kappa shape index (κ2) is 16.7. The minimum atomic E-state index is 0.0999. The van der Waals surface area contributed by atoms with Crippen LogP contribution in [-0.2, 0) is 21.9 Å². The van der Waals surface area contributed by atoms with Gasteiger partial charge in [-0.05, 0) is 113 Å². The summed E-state index contributed by atoms with van der Waals surface area (Å²) in [6.45, 7) is 26.8. The van der Waals surface area contributed by atoms with E-state index in [1.807, 2.05) is 17.4 Å². The number of hydrogen-bond acceptors (Lipinski definition) is 3. The van der Waals surface area contributed by atoms with Gasteiger partial charge in [0, 0.05) is 70.2 Å². The Labute approximate surface area is 365 Å². The summed E-state index contributed by atoms with van der Waals surface area (Å²) in [5.41, 5.74) is 7.15. The van der Waals surface area contributed by atoms with Crippen molar-refractivity contribution in [1.82, 2.24) is 14.1 Å². The molecule has 3 nitrogen and oxygen atoms in total. The molecule has 0 spiro atoms. The van der Waals surface area contributed by atoms with Crippen molar-refractivity contribution in [1.29, 1.82) is 0 Å². The summed E-state index contributed by atoms with van der Waals surface area (Å²) in [5.74, 6) is 0. The zero-order valence-corrected chi connectivity index (χ0v) is 39.2. The predicted molar refractivity (Wildman–Crippen MR) is 268 cm³/mol. The van der Waals surface area contributed by atoms with E-state index in [-0.39, 0.29) is 21.9 Å². The summed E-state index contributed by atoms with van der Waals surface area (Å²) in [5, 5.41) is 8.01. The number of benzene rings is 6. The topological polar surface area (TPSA) is 22.8 Å². The number of fused-ring (bicyclic) bond motifs is 8. The molecule has 10 rings (SSSR count). The van der Waals surface area contributed by atoms with E-state index in [0.29, 0.717) is 0 Å². The lowest BCUT2D eigenvalue weighted by Gasteiger charge is -2.24. The van der Waals surface area contributed by atoms with Crippen LogP contribution < -0.4 is 0 Å². The van der Waals surface area contributed by atoms with E-state index in [9.17, 15) is 0 Å². The Morgan fingerprint density at radius 2 is 0.933 bits per heavy atom. The highest BCUT2D eigenvalue weighted by Gasteiger charge is 2.20. The maximum absolute atomic E-state index is 4.60. The van der Waals surface area contributed by atoms with Gasteiger partial charge < -0.3 is 9.13 Å². The molecule has 60 heavy (non-hydrogen) atoms. The van der Waals surface area contributed by atoms with Crippen molar-refractivity contribution >= 4 is 85.8 Å². The van der Waals surface area contributed by atoms with E-state index in [2.05, 4.69) is 243 Å². The van der Waals surface area contributed by atoms with Crippen LogP contribution in [0.4, 0.5) is 0 Å². The molecule has 0 fully saturated rings. The Kier molecular flexibility index (Phi) is 11.9. The first-order valence-corrected chi connectivity index (χ1v) is 22.8. The van der Waals surface area contributed by atoms with E-state index >= 15 is 0 Å². The van der Waals surface area contributed by atoms with Crippen molar-refractivity contribution in [2.75, 3.05) is 0 Å². The third-order valence-electron chi connectivity index (χ3n) is 10.8. The van der Waals surface area contributed by atoms with Crippen molar-refractivity contribution in [3.05, 3.63) is 162 Å². The van der Waals surface area contributed by atoms with E-state index in [1.54, 1.807) is 11.3 Å². The number of thiazole rings is 1. The molecule has 0 saturated heterocycles. The number of nitrogens with zero attached hydrogens (tertiary/aromatic N) is 3. The lowest BCUT2D eigenvalue weighted by Crippen LogP contribution is -2.21. The van der Waals surface area contributed by atoms with Gasteiger partial charge in [0.25, 0.3) is 0 Å². The minimum Gasteiger partial charge on any atom is -0.342 e. The molecule has 0 radical (unpaired) electrons. The van der Waals surface area contributed by atoms with Gasteiger partial charge >= 0.3 is 0 Å². The Hall–Kier alpha value is -5.23. The van der Waals surface area contributed by atoms with E-state index < -0.39 is 0 Å². The monoisotopic (exact) mass is 827 g/mol. The van der Waals surface area contributed by atoms with Crippen molar-refractivity contribution in [3.63, 3.8) is 0 Å². The Bertz CT molecular complexity index is 2940. The summed E-state index contributed by atoms with van der Waals surface area (Å²) < 4.78 is 8.79. The summed E-state index contributed by atoms with van der Waals surface area (Å²) in [6.07, 6.45) is 2.16. The van der Waals surface area contributed by atoms with Crippen LogP contribution in [0.5, 0.6) is 0 Å². The molecule has 0 amide bonds. The fourth-order valence-corrected chi connectivity index (χ4v) is 9.81. The molecular weight excluding hydrogens is 767 g/mol. The number of thiophene rings is 1. The highest BCUT2D eigenvalue weighted by molar-refractivity contribution is 7.25. The van der Waals surface area contributed by atoms with Crippen LogP contribution in [0.15, 0.2) is 152 Å². The van der Waals surface area contributed by atoms with E-state index in [4.69, 9.17) is 0 Å². The molecule has 4 heterocycles. The van der Waals surface area contributed by atoms with E-state index in [0.717, 1.165) is 5.52 Å². The summed E-state index contributed by atoms with van der Waals surface area (Å²) in [6, 6.07) is 51.8. The van der Waals surface area contributed by atoms with Crippen LogP contribution in [0, 0.1) is 0 Å². The molecule has 0 atom stereocenters. The number of aromatic nitrogens is 3. The van der Waals surface area contributed by atoms with Crippen molar-refractivity contribution in [2.45, 2.75) is 105 Å². The molecule has 0 aliphatic carbocycles. The Morgan fingerprint density at radius 1 is 0.417 bits per heavy atom. The van der Waals surface area contributed by atoms with Gasteiger partial charge in [0.1, 0.15) is 0 Å². The van der Waals surface area contributed by atoms with Gasteiger partial charge in [0.15, 0.2) is 0 Å². The third kappa shape index (κ3) is 9.23. The zero-order chi connectivity index (χ0) is 43.0. The predicted octanol–water partition coefficient (Wildman–Crippen LogP) is 16.9. The summed E-state index contributed by atoms with van der Waals surface area (Å²) in [4.78, 5) is 4.60. The second-order valence-corrected chi connectivity index (χ2v) is 21.9. The number of para-hydroxylation sites is 4. The fraction of sp³-hybridized carbons (Fsp3) is 0.291. The standard InChI is InChI=1S/C16H17N.C16H16S.C12H15N.C11H13NS/c1-16(2,3)17-14-10-6-4-8-12(14)13-9-5-7-11-15(13)17;1-16(2,3)11-8-9-15-13(10-11)12-6-4-5-7-14(12)17-15;1-12(2,3)13-9-8-10-6-4-5-7-11(10)13;1-11(2,3)10-12-8-6-4-5-7-9(8)13-10/h4-11H,1-3H3;4-10H,1-3H3;4-9H,1-3H3;4-7H,1-3H3. The molecule has 6 aromatic carbocycles. The van der Waals surface area contributed by atoms with Gasteiger partial charge in [-0.25, -0.2) is 4.98 Å². The van der Waals surface area contributed by atoms with Crippen LogP contribution in [-0.4, -0.2) is 14.1 Å². The zero-order valence-electron chi connectivity index (χ0n) is 37.6. The average molecular weight is 828 g/mol. The first kappa shape index (κ1) is 42.9. The SMILES string of the molecule is CC(C)(C)c1ccc2sc3ccccc3c2c1.CC(C)(C)c1nc2ccccc2s1.CC(C)(C)n1c2ccccc2c2ccccc21.CC(C)(C)n1ccc2ccccc21. The summed E-state index contributed by atoms with van der Waals surface area (Å²) >= 11 is 3.67. The van der Waals surface area contributed by atoms with E-state index in [1.165, 1.54) is 68.2 Å². The van der Waals surface area contributed by atoms with Crippen molar-refractivity contribution in [3.8, 4) is 0 Å². The molecule has 0 bridgehead atoms. The van der Waals surface area contributed by atoms with Crippen LogP contribution in [0.3, 0.4) is 0 Å². The van der Waals surface area contributed by atoms with Crippen LogP contribution in [0.1, 0.15) is 93.7 Å². The minimum absolute atomic E-state index is 0.0999. The van der Waals surface area contributed by atoms with Gasteiger partial charge in [-0.1, -0.05) is 133 Å². The number of hydrogen-bond donors (Lipinski definition) is 0. The Balaban J connectivity index is 0.000000122. The second-order valence-electron chi connectivity index (χ2n) is 19.8. The molecule has 0 aliphatic heterocycles. The Morgan fingerprint density at radius 3 is 1.50 bits per heavy atom. The smallest absolute Gasteiger partial charge is 0.0992 e. The normalized spacial score (nSPS) is 12.3. The molecule has 10 aromatic rings. The molecule has 0 saturated carbocycles. The van der Waals surface area contributed by atoms with Gasteiger partial charge in [-0.3, -0.25) is 0 Å². The lowest BCUT2D eigenvalue weighted by molar-refractivity contribution is 0.411. The maximum Gasteiger partial charge on any atom is 0.0992 e. The van der Waals surface area contributed by atoms with Crippen LogP contribution >= 0.6 is 22.7 Å². The first-order valence-electron chi connectivity index (χ1n) is 21.1. The van der Waals surface area contributed by atoms with Gasteiger partial charge in [-0.2, -0.15) is 0 Å². The van der Waals surface area contributed by atoms with Crippen molar-refractivity contribution in [2.24, 2.45) is 0 Å². The fourth-order valence-electron chi connectivity index (χ4n) is 7.70. The van der Waals surface area contributed by atoms with Crippen LogP contribution in [0.25, 0.3) is 63.1 Å². The molecule has 0 N–H and O–H groups in total. The molecular formula is C55H61N3S2. The highest BCUT2D eigenvalue weighted by atomic mass is 32.1. The van der Waals surface area contributed by atoms with Crippen LogP contribution in [0.2, 0.25) is 0 Å². The lowest BCUT2D eigenvalue weighted by atomic mass is 9.86. The van der Waals surface area contributed by atoms with Gasteiger partial charge in [0.05, 0.1) is 15.2 Å². The first-order chi connectivity index (χ1) is 28.3. The van der Waals surface area contributed by atoms with Crippen molar-refractivity contribution < 1.29 is 0 Å².